The van der Waals surface area contributed by atoms with E-state index in [9.17, 15) is 0 Å². The predicted octanol–water partition coefficient (Wildman–Crippen LogP) is 31.4. The Kier molecular flexibility index (Phi) is 16.2. The van der Waals surface area contributed by atoms with Crippen molar-refractivity contribution in [3.05, 3.63) is 437 Å². The molecule has 0 aliphatic heterocycles. The van der Waals surface area contributed by atoms with Crippen LogP contribution >= 0.6 is 0 Å². The molecule has 0 fully saturated rings. The third-order valence-corrected chi connectivity index (χ3v) is 23.9. The molecule has 0 unspecified atom stereocenters. The van der Waals surface area contributed by atoms with Crippen molar-refractivity contribution in [2.45, 2.75) is 0 Å². The highest BCUT2D eigenvalue weighted by molar-refractivity contribution is 6.18. The number of furan rings is 2. The summed E-state index contributed by atoms with van der Waals surface area (Å²) in [5.74, 6) is 0. The molecule has 6 heteroatoms. The Morgan fingerprint density at radius 3 is 1.09 bits per heavy atom. The SMILES string of the molecule is c1ccc(N(c2ccc(-c3ccc(-n4c5ccccc5c5ccccc54)cc3)cc2)c2ccc(-c3cccc(-c4ccc(-c5ccc6c(c5)c5ccccc5n6-c5ccc(-c6ccc(N(c7ccc(-c8cccc(-c9cccc%10oc%11ccccc%11c9%10)c8)cc7)c7cccc8ccccc78)cc6)cc5)c5oc6ccccc6c45)c3)cc2)cc1. The van der Waals surface area contributed by atoms with E-state index in [1.807, 2.05) is 12.1 Å². The Morgan fingerprint density at radius 2 is 0.542 bits per heavy atom. The fourth-order valence-electron chi connectivity index (χ4n) is 18.3. The van der Waals surface area contributed by atoms with Crippen molar-refractivity contribution in [2.24, 2.45) is 0 Å². The Labute approximate surface area is 681 Å². The second kappa shape index (κ2) is 28.1. The fourth-order valence-corrected chi connectivity index (χ4v) is 18.3. The van der Waals surface area contributed by atoms with Crippen molar-refractivity contribution < 1.29 is 8.83 Å². The average molecular weight is 1510 g/mol. The lowest BCUT2D eigenvalue weighted by molar-refractivity contribution is 0.669. The molecule has 552 valence electrons. The number of fused-ring (bicyclic) bond motifs is 13. The number of hydrogen-bond donors (Lipinski definition) is 0. The largest absolute Gasteiger partial charge is 0.456 e. The van der Waals surface area contributed by atoms with Gasteiger partial charge in [0.05, 0.1) is 27.8 Å². The first-order valence-corrected chi connectivity index (χ1v) is 40.3. The number of rotatable bonds is 15. The number of para-hydroxylation sites is 6. The minimum atomic E-state index is 0.857. The van der Waals surface area contributed by atoms with Crippen LogP contribution in [-0.2, 0) is 0 Å². The molecule has 0 saturated heterocycles. The highest BCUT2D eigenvalue weighted by Gasteiger charge is 2.24. The zero-order valence-corrected chi connectivity index (χ0v) is 64.2. The van der Waals surface area contributed by atoms with E-state index in [0.717, 1.165) is 173 Å². The molecule has 23 rings (SSSR count). The van der Waals surface area contributed by atoms with E-state index in [0.29, 0.717) is 0 Å². The second-order valence-electron chi connectivity index (χ2n) is 30.6. The molecule has 0 radical (unpaired) electrons. The van der Waals surface area contributed by atoms with Gasteiger partial charge in [-0.2, -0.15) is 0 Å². The molecule has 0 spiro atoms. The number of nitrogens with zero attached hydrogens (tertiary/aromatic N) is 4. The molecule has 4 heterocycles. The smallest absolute Gasteiger partial charge is 0.143 e. The lowest BCUT2D eigenvalue weighted by Gasteiger charge is -2.27. The molecule has 6 nitrogen and oxygen atoms in total. The normalized spacial score (nSPS) is 11.7. The molecule has 0 aliphatic rings. The molecule has 0 N–H and O–H groups in total. The standard InChI is InChI=1S/C112H72N4O2/c1-2-26-85(27-3-1)113(86-55-42-73(43-56-86)75-46-63-90(64-47-75)115-103-35-11-6-29-96(103)97-30-7-12-36-104(97)115)87-57-50-77(51-58-87)81-23-17-25-83(71-81)94-67-68-95(112-111(94)100-33-10-15-40-108(100)118-112)84-54-69-106-101(72-84)98-31-8-13-37-105(98)116(106)91-65-48-76(49-66-91)74-44-59-88(60-45-74)114(102-38-18-21-79-20-4-5-28-92(79)102)89-61-52-78(53-62-89)80-22-16-24-82(70-80)93-34-19-41-109-110(93)99-32-9-14-39-107(99)117-109/h1-72H. The number of hydrogen-bond acceptors (Lipinski definition) is 4. The van der Waals surface area contributed by atoms with E-state index in [1.54, 1.807) is 0 Å². The minimum absolute atomic E-state index is 0.857. The average Bonchev–Trinajstić information content (AvgIpc) is 1.60. The number of anilines is 6. The van der Waals surface area contributed by atoms with Gasteiger partial charge in [0, 0.05) is 93.9 Å². The molecule has 0 saturated carbocycles. The quantitative estimate of drug-likeness (QED) is 0.103. The van der Waals surface area contributed by atoms with Gasteiger partial charge in [-0.15, -0.1) is 0 Å². The van der Waals surface area contributed by atoms with E-state index in [1.165, 1.54) is 48.9 Å². The summed E-state index contributed by atoms with van der Waals surface area (Å²) in [6.07, 6.45) is 0. The lowest BCUT2D eigenvalue weighted by Crippen LogP contribution is -2.10. The summed E-state index contributed by atoms with van der Waals surface area (Å²) in [5.41, 5.74) is 32.8. The summed E-state index contributed by atoms with van der Waals surface area (Å²) in [6.45, 7) is 0. The first-order chi connectivity index (χ1) is 58.5. The summed E-state index contributed by atoms with van der Waals surface area (Å²) in [6, 6.07) is 158. The molecule has 0 aliphatic carbocycles. The Hall–Kier alpha value is -15.8. The van der Waals surface area contributed by atoms with Crippen LogP contribution in [0.3, 0.4) is 0 Å². The molecule has 118 heavy (non-hydrogen) atoms. The molecular formula is C112H72N4O2. The van der Waals surface area contributed by atoms with Crippen LogP contribution < -0.4 is 9.80 Å². The highest BCUT2D eigenvalue weighted by atomic mass is 16.3. The summed E-state index contributed by atoms with van der Waals surface area (Å²) >= 11 is 0. The van der Waals surface area contributed by atoms with Crippen LogP contribution in [0.25, 0.3) is 188 Å². The summed E-state index contributed by atoms with van der Waals surface area (Å²) in [5, 5.41) is 11.7. The molecule has 19 aromatic carbocycles. The van der Waals surface area contributed by atoms with E-state index in [-0.39, 0.29) is 0 Å². The zero-order valence-electron chi connectivity index (χ0n) is 64.2. The van der Waals surface area contributed by atoms with Gasteiger partial charge < -0.3 is 27.8 Å². The third-order valence-electron chi connectivity index (χ3n) is 23.9. The molecule has 0 atom stereocenters. The van der Waals surface area contributed by atoms with Crippen LogP contribution in [0.15, 0.2) is 446 Å². The summed E-state index contributed by atoms with van der Waals surface area (Å²) < 4.78 is 18.1. The lowest BCUT2D eigenvalue weighted by atomic mass is 9.92. The molecular weight excluding hydrogens is 1430 g/mol. The van der Waals surface area contributed by atoms with Crippen LogP contribution in [0.2, 0.25) is 0 Å². The first-order valence-electron chi connectivity index (χ1n) is 40.3. The molecule has 0 amide bonds. The molecule has 23 aromatic rings. The van der Waals surface area contributed by atoms with Gasteiger partial charge in [-0.05, 0) is 235 Å². The van der Waals surface area contributed by atoms with E-state index in [2.05, 4.69) is 444 Å². The molecule has 4 aromatic heterocycles. The van der Waals surface area contributed by atoms with Gasteiger partial charge in [0.25, 0.3) is 0 Å². The topological polar surface area (TPSA) is 42.6 Å². The van der Waals surface area contributed by atoms with Crippen molar-refractivity contribution >= 4 is 132 Å². The van der Waals surface area contributed by atoms with Gasteiger partial charge >= 0.3 is 0 Å². The number of benzene rings is 19. The minimum Gasteiger partial charge on any atom is -0.456 e. The van der Waals surface area contributed by atoms with E-state index in [4.69, 9.17) is 8.83 Å². The third kappa shape index (κ3) is 11.6. The Bertz CT molecular complexity index is 7770. The van der Waals surface area contributed by atoms with Gasteiger partial charge in [0.1, 0.15) is 22.3 Å². The van der Waals surface area contributed by atoms with Crippen molar-refractivity contribution in [1.82, 2.24) is 9.13 Å². The van der Waals surface area contributed by atoms with E-state index < -0.39 is 0 Å². The van der Waals surface area contributed by atoms with Gasteiger partial charge in [-0.3, -0.25) is 0 Å². The maximum absolute atomic E-state index is 7.02. The van der Waals surface area contributed by atoms with Crippen molar-refractivity contribution in [3.63, 3.8) is 0 Å². The van der Waals surface area contributed by atoms with Crippen LogP contribution in [-0.4, -0.2) is 9.13 Å². The maximum Gasteiger partial charge on any atom is 0.143 e. The second-order valence-corrected chi connectivity index (χ2v) is 30.6. The monoisotopic (exact) mass is 1500 g/mol. The first kappa shape index (κ1) is 67.9. The fraction of sp³-hybridized carbons (Fsp3) is 0. The predicted molar refractivity (Wildman–Crippen MR) is 495 cm³/mol. The van der Waals surface area contributed by atoms with Gasteiger partial charge in [0.15, 0.2) is 0 Å². The molecule has 0 bridgehead atoms. The Balaban J connectivity index is 0.523. The van der Waals surface area contributed by atoms with Crippen LogP contribution in [0, 0.1) is 0 Å². The summed E-state index contributed by atoms with van der Waals surface area (Å²) in [7, 11) is 0. The summed E-state index contributed by atoms with van der Waals surface area (Å²) in [4.78, 5) is 4.72. The van der Waals surface area contributed by atoms with Crippen LogP contribution in [0.4, 0.5) is 34.1 Å². The van der Waals surface area contributed by atoms with Crippen molar-refractivity contribution in [1.29, 1.82) is 0 Å². The highest BCUT2D eigenvalue weighted by Crippen LogP contribution is 2.48. The van der Waals surface area contributed by atoms with Gasteiger partial charge in [0.2, 0.25) is 0 Å². The van der Waals surface area contributed by atoms with Crippen LogP contribution in [0.1, 0.15) is 0 Å². The van der Waals surface area contributed by atoms with Gasteiger partial charge in [-0.1, -0.05) is 279 Å². The van der Waals surface area contributed by atoms with Crippen molar-refractivity contribution in [3.8, 4) is 89.3 Å². The number of aromatic nitrogens is 2. The maximum atomic E-state index is 7.02. The zero-order chi connectivity index (χ0) is 77.7. The van der Waals surface area contributed by atoms with Gasteiger partial charge in [-0.25, -0.2) is 0 Å². The van der Waals surface area contributed by atoms with Crippen molar-refractivity contribution in [2.75, 3.05) is 9.80 Å². The van der Waals surface area contributed by atoms with Crippen LogP contribution in [0.5, 0.6) is 0 Å². The van der Waals surface area contributed by atoms with E-state index >= 15 is 0 Å². The Morgan fingerprint density at radius 1 is 0.186 bits per heavy atom.